The first-order valence-electron chi connectivity index (χ1n) is 4.92. The van der Waals surface area contributed by atoms with Gasteiger partial charge in [-0.3, -0.25) is 4.98 Å². The van der Waals surface area contributed by atoms with E-state index in [4.69, 9.17) is 11.6 Å². The van der Waals surface area contributed by atoms with Crippen molar-refractivity contribution in [3.05, 3.63) is 64.9 Å². The Morgan fingerprint density at radius 2 is 2.00 bits per heavy atom. The number of rotatable bonds is 3. The summed E-state index contributed by atoms with van der Waals surface area (Å²) in [4.78, 5) is 15.2. The number of halogens is 1. The van der Waals surface area contributed by atoms with Gasteiger partial charge in [-0.15, -0.1) is 0 Å². The van der Waals surface area contributed by atoms with E-state index in [0.29, 0.717) is 5.02 Å². The molecule has 0 amide bonds. The highest BCUT2D eigenvalue weighted by Gasteiger charge is 2.15. The van der Waals surface area contributed by atoms with Crippen LogP contribution in [0.5, 0.6) is 0 Å². The molecule has 2 nitrogen and oxygen atoms in total. The third kappa shape index (κ3) is 2.12. The zero-order chi connectivity index (χ0) is 11.4. The van der Waals surface area contributed by atoms with E-state index >= 15 is 0 Å². The molecule has 0 spiro atoms. The van der Waals surface area contributed by atoms with Crippen LogP contribution in [0, 0.1) is 0 Å². The monoisotopic (exact) mass is 231 g/mol. The van der Waals surface area contributed by atoms with Gasteiger partial charge in [0.05, 0.1) is 5.92 Å². The molecule has 2 aromatic rings. The largest absolute Gasteiger partial charge is 0.302 e. The number of aldehydes is 1. The Balaban J connectivity index is 2.45. The first-order valence-corrected chi connectivity index (χ1v) is 5.30. The van der Waals surface area contributed by atoms with Crippen LogP contribution in [0.25, 0.3) is 0 Å². The first kappa shape index (κ1) is 10.8. The van der Waals surface area contributed by atoms with Crippen molar-refractivity contribution in [1.82, 2.24) is 4.98 Å². The van der Waals surface area contributed by atoms with E-state index in [1.165, 1.54) is 0 Å². The van der Waals surface area contributed by atoms with E-state index in [9.17, 15) is 4.79 Å². The maximum Gasteiger partial charge on any atom is 0.131 e. The minimum atomic E-state index is -0.345. The maximum atomic E-state index is 11.2. The second-order valence-electron chi connectivity index (χ2n) is 3.42. The Hall–Kier alpha value is -1.67. The van der Waals surface area contributed by atoms with Gasteiger partial charge in [-0.2, -0.15) is 0 Å². The second-order valence-corrected chi connectivity index (χ2v) is 3.83. The van der Waals surface area contributed by atoms with Crippen molar-refractivity contribution < 1.29 is 4.79 Å². The molecule has 0 bridgehead atoms. The number of hydrogen-bond donors (Lipinski definition) is 0. The topological polar surface area (TPSA) is 30.0 Å². The van der Waals surface area contributed by atoms with Crippen LogP contribution in [0.3, 0.4) is 0 Å². The van der Waals surface area contributed by atoms with Gasteiger partial charge in [-0.25, -0.2) is 0 Å². The third-order valence-electron chi connectivity index (χ3n) is 2.42. The molecule has 1 aromatic carbocycles. The summed E-state index contributed by atoms with van der Waals surface area (Å²) in [5.74, 6) is -0.345. The Bertz CT molecular complexity index is 484. The average molecular weight is 232 g/mol. The molecule has 0 fully saturated rings. The minimum absolute atomic E-state index is 0.345. The van der Waals surface area contributed by atoms with E-state index in [0.717, 1.165) is 17.4 Å². The zero-order valence-corrected chi connectivity index (χ0v) is 9.26. The summed E-state index contributed by atoms with van der Waals surface area (Å²) in [6.45, 7) is 0. The van der Waals surface area contributed by atoms with Gasteiger partial charge in [0.25, 0.3) is 0 Å². The fraction of sp³-hybridized carbons (Fsp3) is 0.0769. The molecular formula is C13H10ClNO. The van der Waals surface area contributed by atoms with Crippen LogP contribution < -0.4 is 0 Å². The van der Waals surface area contributed by atoms with E-state index in [-0.39, 0.29) is 5.92 Å². The lowest BCUT2D eigenvalue weighted by Crippen LogP contribution is -2.03. The molecule has 0 aliphatic rings. The molecular weight excluding hydrogens is 222 g/mol. The van der Waals surface area contributed by atoms with Crippen LogP contribution in [0.2, 0.25) is 5.02 Å². The summed E-state index contributed by atoms with van der Waals surface area (Å²) >= 11 is 6.07. The van der Waals surface area contributed by atoms with Crippen LogP contribution in [-0.4, -0.2) is 11.3 Å². The minimum Gasteiger partial charge on any atom is -0.302 e. The normalized spacial score (nSPS) is 12.1. The Labute approximate surface area is 98.9 Å². The summed E-state index contributed by atoms with van der Waals surface area (Å²) in [5.41, 5.74) is 1.66. The second kappa shape index (κ2) is 4.90. The van der Waals surface area contributed by atoms with Crippen molar-refractivity contribution in [2.75, 3.05) is 0 Å². The maximum absolute atomic E-state index is 11.2. The summed E-state index contributed by atoms with van der Waals surface area (Å²) in [6.07, 6.45) is 4.25. The van der Waals surface area contributed by atoms with Crippen molar-refractivity contribution in [1.29, 1.82) is 0 Å². The average Bonchev–Trinajstić information content (AvgIpc) is 2.34. The van der Waals surface area contributed by atoms with Gasteiger partial charge in [-0.05, 0) is 23.3 Å². The lowest BCUT2D eigenvalue weighted by molar-refractivity contribution is -0.108. The number of hydrogen-bond acceptors (Lipinski definition) is 2. The van der Waals surface area contributed by atoms with Crippen LogP contribution in [0.1, 0.15) is 17.0 Å². The number of carbonyl (C=O) groups excluding carboxylic acids is 1. The third-order valence-corrected chi connectivity index (χ3v) is 2.76. The molecule has 0 radical (unpaired) electrons. The highest BCUT2D eigenvalue weighted by molar-refractivity contribution is 6.31. The van der Waals surface area contributed by atoms with Gasteiger partial charge < -0.3 is 4.79 Å². The molecule has 80 valence electrons. The van der Waals surface area contributed by atoms with Crippen LogP contribution in [0.4, 0.5) is 0 Å². The standard InChI is InChI=1S/C13H10ClNO/c14-13-6-2-1-5-11(13)12(9-16)10-4-3-7-15-8-10/h1-9,12H. The molecule has 0 aliphatic heterocycles. The zero-order valence-electron chi connectivity index (χ0n) is 8.51. The summed E-state index contributed by atoms with van der Waals surface area (Å²) in [5, 5.41) is 0.600. The van der Waals surface area contributed by atoms with E-state index < -0.39 is 0 Å². The number of carbonyl (C=O) groups is 1. The summed E-state index contributed by atoms with van der Waals surface area (Å²) in [6, 6.07) is 11.0. The Morgan fingerprint density at radius 3 is 2.62 bits per heavy atom. The molecule has 3 heteroatoms. The number of nitrogens with zero attached hydrogens (tertiary/aromatic N) is 1. The van der Waals surface area contributed by atoms with Gasteiger partial charge >= 0.3 is 0 Å². The Kier molecular flexibility index (Phi) is 3.32. The fourth-order valence-corrected chi connectivity index (χ4v) is 1.87. The highest BCUT2D eigenvalue weighted by atomic mass is 35.5. The molecule has 16 heavy (non-hydrogen) atoms. The van der Waals surface area contributed by atoms with Gasteiger partial charge in [-0.1, -0.05) is 35.9 Å². The molecule has 0 saturated heterocycles. The molecule has 1 atom stereocenters. The molecule has 1 heterocycles. The van der Waals surface area contributed by atoms with Crippen molar-refractivity contribution in [3.63, 3.8) is 0 Å². The first-order chi connectivity index (χ1) is 7.83. The highest BCUT2D eigenvalue weighted by Crippen LogP contribution is 2.27. The van der Waals surface area contributed by atoms with Gasteiger partial charge in [0, 0.05) is 17.4 Å². The Morgan fingerprint density at radius 1 is 1.19 bits per heavy atom. The lowest BCUT2D eigenvalue weighted by atomic mass is 9.94. The molecule has 0 saturated carbocycles. The fourth-order valence-electron chi connectivity index (χ4n) is 1.62. The number of benzene rings is 1. The predicted octanol–water partition coefficient (Wildman–Crippen LogP) is 3.07. The van der Waals surface area contributed by atoms with Crippen LogP contribution in [-0.2, 0) is 4.79 Å². The van der Waals surface area contributed by atoms with Crippen LogP contribution >= 0.6 is 11.6 Å². The van der Waals surface area contributed by atoms with Gasteiger partial charge in [0.1, 0.15) is 6.29 Å². The number of pyridine rings is 1. The molecule has 1 unspecified atom stereocenters. The predicted molar refractivity (Wildman–Crippen MR) is 63.6 cm³/mol. The molecule has 1 aromatic heterocycles. The van der Waals surface area contributed by atoms with Crippen molar-refractivity contribution in [3.8, 4) is 0 Å². The van der Waals surface area contributed by atoms with Crippen LogP contribution in [0.15, 0.2) is 48.8 Å². The summed E-state index contributed by atoms with van der Waals surface area (Å²) < 4.78 is 0. The quantitative estimate of drug-likeness (QED) is 0.760. The summed E-state index contributed by atoms with van der Waals surface area (Å²) in [7, 11) is 0. The van der Waals surface area contributed by atoms with Crippen molar-refractivity contribution in [2.24, 2.45) is 0 Å². The van der Waals surface area contributed by atoms with E-state index in [2.05, 4.69) is 4.98 Å². The van der Waals surface area contributed by atoms with Crippen molar-refractivity contribution in [2.45, 2.75) is 5.92 Å². The molecule has 0 aliphatic carbocycles. The van der Waals surface area contributed by atoms with Gasteiger partial charge in [0.15, 0.2) is 0 Å². The number of aromatic nitrogens is 1. The van der Waals surface area contributed by atoms with E-state index in [1.54, 1.807) is 18.5 Å². The lowest BCUT2D eigenvalue weighted by Gasteiger charge is -2.11. The van der Waals surface area contributed by atoms with Gasteiger partial charge in [0.2, 0.25) is 0 Å². The molecule has 0 N–H and O–H groups in total. The van der Waals surface area contributed by atoms with Crippen molar-refractivity contribution >= 4 is 17.9 Å². The smallest absolute Gasteiger partial charge is 0.131 e. The molecule has 2 rings (SSSR count). The van der Waals surface area contributed by atoms with E-state index in [1.807, 2.05) is 30.3 Å². The SMILES string of the molecule is O=CC(c1cccnc1)c1ccccc1Cl.